The Kier molecular flexibility index (Phi) is 4.68. The molecular weight excluding hydrogens is 386 g/mol. The van der Waals surface area contributed by atoms with E-state index in [9.17, 15) is 14.4 Å². The first-order valence-electron chi connectivity index (χ1n) is 8.69. The summed E-state index contributed by atoms with van der Waals surface area (Å²) in [6, 6.07) is 8.70. The number of halogens is 1. The van der Waals surface area contributed by atoms with E-state index < -0.39 is 23.8 Å². The summed E-state index contributed by atoms with van der Waals surface area (Å²) in [6.45, 7) is 2.20. The zero-order chi connectivity index (χ0) is 19.8. The summed E-state index contributed by atoms with van der Waals surface area (Å²) in [5, 5.41) is 0.358. The Labute approximate surface area is 165 Å². The Bertz CT molecular complexity index is 954. The van der Waals surface area contributed by atoms with Crippen LogP contribution in [0.1, 0.15) is 33.2 Å². The van der Waals surface area contributed by atoms with Gasteiger partial charge in [-0.2, -0.15) is 0 Å². The van der Waals surface area contributed by atoms with Gasteiger partial charge in [0, 0.05) is 0 Å². The molecule has 0 saturated carbocycles. The molecule has 0 spiro atoms. The lowest BCUT2D eigenvalue weighted by Gasteiger charge is -2.22. The van der Waals surface area contributed by atoms with Gasteiger partial charge >= 0.3 is 5.97 Å². The second-order valence-electron chi connectivity index (χ2n) is 6.41. The van der Waals surface area contributed by atoms with Crippen molar-refractivity contribution in [1.82, 2.24) is 4.90 Å². The van der Waals surface area contributed by atoms with Gasteiger partial charge in [0.05, 0.1) is 16.1 Å². The average Bonchev–Trinajstić information content (AvgIpc) is 2.96. The highest BCUT2D eigenvalue weighted by atomic mass is 35.5. The van der Waals surface area contributed by atoms with Gasteiger partial charge in [0.2, 0.25) is 0 Å². The maximum atomic E-state index is 12.5. The highest BCUT2D eigenvalue weighted by Crippen LogP contribution is 2.38. The Morgan fingerprint density at radius 1 is 1.14 bits per heavy atom. The Morgan fingerprint density at radius 2 is 1.79 bits per heavy atom. The number of ether oxygens (including phenoxy) is 3. The lowest BCUT2D eigenvalue weighted by Crippen LogP contribution is -2.43. The van der Waals surface area contributed by atoms with Crippen LogP contribution in [0.15, 0.2) is 36.4 Å². The first-order valence-corrected chi connectivity index (χ1v) is 9.06. The maximum absolute atomic E-state index is 12.5. The molecule has 2 aliphatic heterocycles. The number of nitrogens with zero attached hydrogens (tertiary/aromatic N) is 1. The standard InChI is InChI=1S/C20H16ClNO6/c1-11(22-18(23)13-4-2-3-5-14(13)19(22)24)20(25)28-10-12-8-15(21)17-16(9-12)26-6-7-27-17/h2-5,8-9,11H,6-7,10H2,1H3. The molecule has 144 valence electrons. The fraction of sp³-hybridized carbons (Fsp3) is 0.250. The van der Waals surface area contributed by atoms with Crippen molar-refractivity contribution in [2.75, 3.05) is 13.2 Å². The predicted octanol–water partition coefficient (Wildman–Crippen LogP) is 2.84. The van der Waals surface area contributed by atoms with E-state index in [0.29, 0.717) is 35.3 Å². The number of esters is 1. The van der Waals surface area contributed by atoms with Crippen LogP contribution in [-0.4, -0.2) is 41.9 Å². The summed E-state index contributed by atoms with van der Waals surface area (Å²) in [5.41, 5.74) is 1.17. The van der Waals surface area contributed by atoms with E-state index in [1.165, 1.54) is 6.92 Å². The van der Waals surface area contributed by atoms with Crippen molar-refractivity contribution in [2.45, 2.75) is 19.6 Å². The Hall–Kier alpha value is -3.06. The van der Waals surface area contributed by atoms with E-state index in [1.54, 1.807) is 36.4 Å². The molecular formula is C20H16ClNO6. The number of benzene rings is 2. The van der Waals surface area contributed by atoms with Crippen LogP contribution in [0.2, 0.25) is 5.02 Å². The second-order valence-corrected chi connectivity index (χ2v) is 6.82. The molecule has 1 atom stereocenters. The highest BCUT2D eigenvalue weighted by Gasteiger charge is 2.41. The number of fused-ring (bicyclic) bond motifs is 2. The van der Waals surface area contributed by atoms with E-state index in [-0.39, 0.29) is 17.7 Å². The smallest absolute Gasteiger partial charge is 0.329 e. The minimum atomic E-state index is -1.06. The van der Waals surface area contributed by atoms with Crippen LogP contribution in [-0.2, 0) is 16.1 Å². The van der Waals surface area contributed by atoms with Crippen molar-refractivity contribution < 1.29 is 28.6 Å². The molecule has 0 saturated heterocycles. The first kappa shape index (κ1) is 18.3. The molecule has 0 fully saturated rings. The van der Waals surface area contributed by atoms with Gasteiger partial charge in [0.25, 0.3) is 11.8 Å². The van der Waals surface area contributed by atoms with Crippen LogP contribution in [0.5, 0.6) is 11.5 Å². The van der Waals surface area contributed by atoms with E-state index in [0.717, 1.165) is 4.90 Å². The summed E-state index contributed by atoms with van der Waals surface area (Å²) in [7, 11) is 0. The fourth-order valence-corrected chi connectivity index (χ4v) is 3.48. The minimum absolute atomic E-state index is 0.0807. The van der Waals surface area contributed by atoms with Gasteiger partial charge in [0.1, 0.15) is 25.9 Å². The molecule has 0 radical (unpaired) electrons. The summed E-state index contributed by atoms with van der Waals surface area (Å²) in [4.78, 5) is 38.3. The molecule has 0 bridgehead atoms. The number of rotatable bonds is 4. The molecule has 0 N–H and O–H groups in total. The third-order valence-corrected chi connectivity index (χ3v) is 4.87. The molecule has 2 aliphatic rings. The van der Waals surface area contributed by atoms with Crippen LogP contribution < -0.4 is 9.47 Å². The van der Waals surface area contributed by atoms with E-state index >= 15 is 0 Å². The molecule has 2 aromatic carbocycles. The first-order chi connectivity index (χ1) is 13.5. The van der Waals surface area contributed by atoms with Crippen molar-refractivity contribution in [2.24, 2.45) is 0 Å². The quantitative estimate of drug-likeness (QED) is 0.578. The largest absolute Gasteiger partial charge is 0.486 e. The van der Waals surface area contributed by atoms with E-state index in [1.807, 2.05) is 0 Å². The third kappa shape index (κ3) is 3.07. The summed E-state index contributed by atoms with van der Waals surface area (Å²) in [6.07, 6.45) is 0. The SMILES string of the molecule is CC(C(=O)OCc1cc(Cl)c2c(c1)OCCO2)N1C(=O)c2ccccc2C1=O. The fourth-order valence-electron chi connectivity index (χ4n) is 3.19. The highest BCUT2D eigenvalue weighted by molar-refractivity contribution is 6.32. The average molecular weight is 402 g/mol. The second kappa shape index (κ2) is 7.16. The van der Waals surface area contributed by atoms with Crippen LogP contribution in [0.3, 0.4) is 0 Å². The number of imide groups is 1. The van der Waals surface area contributed by atoms with E-state index in [2.05, 4.69) is 0 Å². The van der Waals surface area contributed by atoms with Gasteiger partial charge < -0.3 is 14.2 Å². The topological polar surface area (TPSA) is 82.1 Å². The van der Waals surface area contributed by atoms with Gasteiger partial charge in [0.15, 0.2) is 11.5 Å². The van der Waals surface area contributed by atoms with Gasteiger partial charge in [-0.1, -0.05) is 23.7 Å². The number of hydrogen-bond donors (Lipinski definition) is 0. The minimum Gasteiger partial charge on any atom is -0.486 e. The Balaban J connectivity index is 1.45. The molecule has 0 aromatic heterocycles. The molecule has 2 aromatic rings. The van der Waals surface area contributed by atoms with Crippen molar-refractivity contribution in [3.05, 3.63) is 58.1 Å². The zero-order valence-electron chi connectivity index (χ0n) is 14.9. The molecule has 2 amide bonds. The van der Waals surface area contributed by atoms with E-state index in [4.69, 9.17) is 25.8 Å². The summed E-state index contributed by atoms with van der Waals surface area (Å²) < 4.78 is 16.2. The predicted molar refractivity (Wildman–Crippen MR) is 98.6 cm³/mol. The molecule has 28 heavy (non-hydrogen) atoms. The van der Waals surface area contributed by atoms with Crippen molar-refractivity contribution >= 4 is 29.4 Å². The molecule has 1 unspecified atom stereocenters. The van der Waals surface area contributed by atoms with Gasteiger partial charge in [-0.05, 0) is 36.8 Å². The van der Waals surface area contributed by atoms with Crippen molar-refractivity contribution in [3.8, 4) is 11.5 Å². The molecule has 8 heteroatoms. The molecule has 2 heterocycles. The monoisotopic (exact) mass is 401 g/mol. The molecule has 0 aliphatic carbocycles. The maximum Gasteiger partial charge on any atom is 0.329 e. The van der Waals surface area contributed by atoms with Crippen LogP contribution in [0, 0.1) is 0 Å². The normalized spacial score (nSPS) is 16.0. The summed E-state index contributed by atoms with van der Waals surface area (Å²) >= 11 is 6.18. The lowest BCUT2D eigenvalue weighted by molar-refractivity contribution is -0.149. The zero-order valence-corrected chi connectivity index (χ0v) is 15.7. The number of carbonyl (C=O) groups is 3. The molecule has 7 nitrogen and oxygen atoms in total. The van der Waals surface area contributed by atoms with Crippen LogP contribution in [0.25, 0.3) is 0 Å². The lowest BCUT2D eigenvalue weighted by atomic mass is 10.1. The number of hydrogen-bond acceptors (Lipinski definition) is 6. The van der Waals surface area contributed by atoms with Crippen LogP contribution in [0.4, 0.5) is 0 Å². The Morgan fingerprint density at radius 3 is 2.46 bits per heavy atom. The third-order valence-electron chi connectivity index (χ3n) is 4.59. The molecule has 4 rings (SSSR count). The summed E-state index contributed by atoms with van der Waals surface area (Å²) in [5.74, 6) is -0.763. The van der Waals surface area contributed by atoms with Gasteiger partial charge in [-0.15, -0.1) is 0 Å². The number of carbonyl (C=O) groups excluding carboxylic acids is 3. The van der Waals surface area contributed by atoms with Crippen molar-refractivity contribution in [1.29, 1.82) is 0 Å². The van der Waals surface area contributed by atoms with Crippen LogP contribution >= 0.6 is 11.6 Å². The number of amides is 2. The van der Waals surface area contributed by atoms with Gasteiger partial charge in [-0.25, -0.2) is 4.79 Å². The van der Waals surface area contributed by atoms with Gasteiger partial charge in [-0.3, -0.25) is 14.5 Å². The van der Waals surface area contributed by atoms with Crippen molar-refractivity contribution in [3.63, 3.8) is 0 Å².